The number of aryl methyl sites for hydroxylation is 1. The van der Waals surface area contributed by atoms with Crippen LogP contribution in [0.2, 0.25) is 0 Å². The smallest absolute Gasteiger partial charge is 0.227 e. The molecule has 1 atom stereocenters. The molecule has 3 rings (SSSR count). The average Bonchev–Trinajstić information content (AvgIpc) is 2.67. The molecule has 7 heteroatoms. The molecule has 0 bridgehead atoms. The summed E-state index contributed by atoms with van der Waals surface area (Å²) in [6, 6.07) is 9.15. The zero-order chi connectivity index (χ0) is 18.5. The molecule has 2 heterocycles. The van der Waals surface area contributed by atoms with E-state index >= 15 is 0 Å². The minimum absolute atomic E-state index is 0.0129. The van der Waals surface area contributed by atoms with Crippen molar-refractivity contribution >= 4 is 11.7 Å². The number of aromatic nitrogens is 2. The van der Waals surface area contributed by atoms with Gasteiger partial charge in [0.05, 0.1) is 26.7 Å². The monoisotopic (exact) mass is 356 g/mol. The molecule has 1 saturated heterocycles. The van der Waals surface area contributed by atoms with E-state index in [0.29, 0.717) is 25.6 Å². The van der Waals surface area contributed by atoms with Crippen LogP contribution in [0.1, 0.15) is 23.1 Å². The van der Waals surface area contributed by atoms with Crippen LogP contribution in [0.5, 0.6) is 5.75 Å². The number of hydrogen-bond donors (Lipinski definition) is 1. The summed E-state index contributed by atoms with van der Waals surface area (Å²) in [5, 5.41) is 3.03. The summed E-state index contributed by atoms with van der Waals surface area (Å²) in [5.41, 5.74) is 1.72. The van der Waals surface area contributed by atoms with E-state index in [0.717, 1.165) is 22.8 Å². The van der Waals surface area contributed by atoms with Crippen molar-refractivity contribution in [1.29, 1.82) is 0 Å². The van der Waals surface area contributed by atoms with Gasteiger partial charge in [0, 0.05) is 30.9 Å². The highest BCUT2D eigenvalue weighted by Crippen LogP contribution is 2.25. The first-order valence-electron chi connectivity index (χ1n) is 8.65. The summed E-state index contributed by atoms with van der Waals surface area (Å²) in [6.07, 6.45) is 0.269. The molecule has 138 valence electrons. The van der Waals surface area contributed by atoms with Crippen LogP contribution < -0.4 is 10.1 Å². The molecule has 0 unspecified atom stereocenters. The summed E-state index contributed by atoms with van der Waals surface area (Å²) in [5.74, 6) is 2.06. The van der Waals surface area contributed by atoms with Gasteiger partial charge in [-0.25, -0.2) is 9.97 Å². The minimum Gasteiger partial charge on any atom is -0.496 e. The number of benzene rings is 1. The van der Waals surface area contributed by atoms with E-state index in [9.17, 15) is 4.79 Å². The molecule has 1 aromatic carbocycles. The minimum atomic E-state index is -0.294. The van der Waals surface area contributed by atoms with Crippen LogP contribution in [0.15, 0.2) is 30.3 Å². The van der Waals surface area contributed by atoms with Gasteiger partial charge in [-0.1, -0.05) is 18.2 Å². The number of amides is 1. The van der Waals surface area contributed by atoms with Crippen molar-refractivity contribution < 1.29 is 14.3 Å². The highest BCUT2D eigenvalue weighted by molar-refractivity contribution is 5.80. The summed E-state index contributed by atoms with van der Waals surface area (Å²) in [4.78, 5) is 23.9. The van der Waals surface area contributed by atoms with E-state index in [1.165, 1.54) is 0 Å². The maximum absolute atomic E-state index is 13.0. The Bertz CT molecular complexity index is 781. The quantitative estimate of drug-likeness (QED) is 0.883. The molecule has 1 aromatic heterocycles. The standard InChI is InChI=1S/C19H24N4O3/c1-13-10-17(20-2)22-19(21-13)15-12-26-9-8-23(15)18(24)11-14-6-4-5-7-16(14)25-3/h4-7,10,15H,8-9,11-12H2,1-3H3,(H,20,21,22)/t15-/m1/s1. The maximum Gasteiger partial charge on any atom is 0.227 e. The number of nitrogens with zero attached hydrogens (tertiary/aromatic N) is 3. The van der Waals surface area contributed by atoms with E-state index in [-0.39, 0.29) is 18.4 Å². The molecule has 1 aliphatic heterocycles. The molecular weight excluding hydrogens is 332 g/mol. The molecule has 2 aromatic rings. The van der Waals surface area contributed by atoms with Gasteiger partial charge in [0.2, 0.25) is 5.91 Å². The average molecular weight is 356 g/mol. The lowest BCUT2D eigenvalue weighted by Gasteiger charge is -2.35. The number of nitrogens with one attached hydrogen (secondary N) is 1. The van der Waals surface area contributed by atoms with Crippen molar-refractivity contribution in [2.75, 3.05) is 39.2 Å². The predicted molar refractivity (Wildman–Crippen MR) is 98.3 cm³/mol. The Morgan fingerprint density at radius 1 is 1.38 bits per heavy atom. The van der Waals surface area contributed by atoms with Crippen LogP contribution in [-0.4, -0.2) is 54.7 Å². The molecule has 1 amide bonds. The van der Waals surface area contributed by atoms with Gasteiger partial charge in [-0.2, -0.15) is 0 Å². The third-order valence-electron chi connectivity index (χ3n) is 4.41. The molecule has 0 saturated carbocycles. The summed E-state index contributed by atoms with van der Waals surface area (Å²) in [6.45, 7) is 3.34. The molecular formula is C19H24N4O3. The molecule has 0 spiro atoms. The van der Waals surface area contributed by atoms with Crippen LogP contribution in [0.4, 0.5) is 5.82 Å². The first kappa shape index (κ1) is 18.1. The van der Waals surface area contributed by atoms with E-state index in [4.69, 9.17) is 9.47 Å². The SMILES string of the molecule is CNc1cc(C)nc([C@H]2COCCN2C(=O)Cc2ccccc2OC)n1. The Labute approximate surface area is 153 Å². The lowest BCUT2D eigenvalue weighted by molar-refractivity contribution is -0.139. The molecule has 1 fully saturated rings. The molecule has 7 nitrogen and oxygen atoms in total. The summed E-state index contributed by atoms with van der Waals surface area (Å²) >= 11 is 0. The Morgan fingerprint density at radius 2 is 2.19 bits per heavy atom. The van der Waals surface area contributed by atoms with E-state index in [2.05, 4.69) is 15.3 Å². The topological polar surface area (TPSA) is 76.6 Å². The van der Waals surface area contributed by atoms with Crippen molar-refractivity contribution in [3.63, 3.8) is 0 Å². The van der Waals surface area contributed by atoms with Crippen molar-refractivity contribution in [1.82, 2.24) is 14.9 Å². The van der Waals surface area contributed by atoms with Gasteiger partial charge in [0.15, 0.2) is 5.82 Å². The summed E-state index contributed by atoms with van der Waals surface area (Å²) in [7, 11) is 3.42. The zero-order valence-corrected chi connectivity index (χ0v) is 15.4. The molecule has 1 aliphatic rings. The van der Waals surface area contributed by atoms with Gasteiger partial charge >= 0.3 is 0 Å². The van der Waals surface area contributed by atoms with Gasteiger partial charge in [-0.3, -0.25) is 4.79 Å². The lowest BCUT2D eigenvalue weighted by atomic mass is 10.1. The number of anilines is 1. The van der Waals surface area contributed by atoms with Crippen molar-refractivity contribution in [3.8, 4) is 5.75 Å². The maximum atomic E-state index is 13.0. The second-order valence-electron chi connectivity index (χ2n) is 6.17. The highest BCUT2D eigenvalue weighted by atomic mass is 16.5. The van der Waals surface area contributed by atoms with E-state index in [1.54, 1.807) is 7.11 Å². The van der Waals surface area contributed by atoms with Crippen LogP contribution >= 0.6 is 0 Å². The van der Waals surface area contributed by atoms with Gasteiger partial charge in [-0.15, -0.1) is 0 Å². The number of hydrogen-bond acceptors (Lipinski definition) is 6. The zero-order valence-electron chi connectivity index (χ0n) is 15.4. The van der Waals surface area contributed by atoms with Crippen LogP contribution in [0.3, 0.4) is 0 Å². The second kappa shape index (κ2) is 8.14. The number of carbonyl (C=O) groups excluding carboxylic acids is 1. The van der Waals surface area contributed by atoms with Crippen LogP contribution in [-0.2, 0) is 16.0 Å². The van der Waals surface area contributed by atoms with Gasteiger partial charge in [-0.05, 0) is 13.0 Å². The first-order chi connectivity index (χ1) is 12.6. The Morgan fingerprint density at radius 3 is 2.96 bits per heavy atom. The van der Waals surface area contributed by atoms with Gasteiger partial charge in [0.25, 0.3) is 0 Å². The number of ether oxygens (including phenoxy) is 2. The highest BCUT2D eigenvalue weighted by Gasteiger charge is 2.31. The van der Waals surface area contributed by atoms with Crippen LogP contribution in [0.25, 0.3) is 0 Å². The number of carbonyl (C=O) groups is 1. The Hall–Kier alpha value is -2.67. The van der Waals surface area contributed by atoms with Gasteiger partial charge in [0.1, 0.15) is 17.6 Å². The lowest BCUT2D eigenvalue weighted by Crippen LogP contribution is -2.44. The van der Waals surface area contributed by atoms with E-state index < -0.39 is 0 Å². The van der Waals surface area contributed by atoms with Crippen molar-refractivity contribution in [3.05, 3.63) is 47.4 Å². The molecule has 26 heavy (non-hydrogen) atoms. The normalized spacial score (nSPS) is 17.0. The van der Waals surface area contributed by atoms with Crippen molar-refractivity contribution in [2.24, 2.45) is 0 Å². The van der Waals surface area contributed by atoms with E-state index in [1.807, 2.05) is 49.2 Å². The third kappa shape index (κ3) is 3.94. The predicted octanol–water partition coefficient (Wildman–Crippen LogP) is 1.98. The number of para-hydroxylation sites is 1. The number of methoxy groups -OCH3 is 1. The fraction of sp³-hybridized carbons (Fsp3) is 0.421. The third-order valence-corrected chi connectivity index (χ3v) is 4.41. The first-order valence-corrected chi connectivity index (χ1v) is 8.65. The molecule has 1 N–H and O–H groups in total. The fourth-order valence-corrected chi connectivity index (χ4v) is 3.10. The van der Waals surface area contributed by atoms with Gasteiger partial charge < -0.3 is 19.7 Å². The molecule has 0 radical (unpaired) electrons. The Kier molecular flexibility index (Phi) is 5.68. The summed E-state index contributed by atoms with van der Waals surface area (Å²) < 4.78 is 11.0. The number of morpholine rings is 1. The Balaban J connectivity index is 1.84. The largest absolute Gasteiger partial charge is 0.496 e. The molecule has 0 aliphatic carbocycles. The second-order valence-corrected chi connectivity index (χ2v) is 6.17. The van der Waals surface area contributed by atoms with Crippen molar-refractivity contribution in [2.45, 2.75) is 19.4 Å². The fourth-order valence-electron chi connectivity index (χ4n) is 3.10. The van der Waals surface area contributed by atoms with Crippen LogP contribution in [0, 0.1) is 6.92 Å². The number of rotatable bonds is 5.